The van der Waals surface area contributed by atoms with E-state index in [1.54, 1.807) is 0 Å². The molecule has 1 atom stereocenters. The number of morpholine rings is 1. The van der Waals surface area contributed by atoms with Crippen molar-refractivity contribution in [2.24, 2.45) is 0 Å². The van der Waals surface area contributed by atoms with E-state index in [0.29, 0.717) is 12.1 Å². The van der Waals surface area contributed by atoms with Crippen molar-refractivity contribution in [3.05, 3.63) is 35.1 Å². The van der Waals surface area contributed by atoms with Gasteiger partial charge >= 0.3 is 5.97 Å². The minimum absolute atomic E-state index is 0.0227. The van der Waals surface area contributed by atoms with Crippen molar-refractivity contribution in [1.29, 1.82) is 0 Å². The molecule has 1 aromatic rings. The molecule has 0 radical (unpaired) electrons. The molecule has 1 aromatic carbocycles. The van der Waals surface area contributed by atoms with Crippen LogP contribution in [0.3, 0.4) is 0 Å². The van der Waals surface area contributed by atoms with Gasteiger partial charge in [0.25, 0.3) is 5.91 Å². The summed E-state index contributed by atoms with van der Waals surface area (Å²) in [6, 6.07) is 4.01. The summed E-state index contributed by atoms with van der Waals surface area (Å²) in [4.78, 5) is 24.7. The van der Waals surface area contributed by atoms with E-state index < -0.39 is 17.9 Å². The highest BCUT2D eigenvalue weighted by atomic mass is 19.1. The zero-order valence-corrected chi connectivity index (χ0v) is 11.5. The molecule has 6 nitrogen and oxygen atoms in total. The van der Waals surface area contributed by atoms with Crippen LogP contribution in [0, 0.1) is 5.82 Å². The van der Waals surface area contributed by atoms with Gasteiger partial charge in [0.2, 0.25) is 0 Å². The third-order valence-corrected chi connectivity index (χ3v) is 3.22. The number of aliphatic carboxylic acids is 1. The minimum Gasteiger partial charge on any atom is -0.479 e. The lowest BCUT2D eigenvalue weighted by Gasteiger charge is -2.31. The lowest BCUT2D eigenvalue weighted by atomic mass is 10.1. The van der Waals surface area contributed by atoms with E-state index in [1.807, 2.05) is 0 Å². The Morgan fingerprint density at radius 1 is 1.52 bits per heavy atom. The summed E-state index contributed by atoms with van der Waals surface area (Å²) in [7, 11) is 1.44. The second-order valence-corrected chi connectivity index (χ2v) is 4.69. The number of ether oxygens (including phenoxy) is 2. The van der Waals surface area contributed by atoms with Crippen LogP contribution in [0.25, 0.3) is 0 Å². The summed E-state index contributed by atoms with van der Waals surface area (Å²) in [5.74, 6) is -1.90. The average Bonchev–Trinajstić information content (AvgIpc) is 2.49. The summed E-state index contributed by atoms with van der Waals surface area (Å²) >= 11 is 0. The van der Waals surface area contributed by atoms with Crippen LogP contribution in [0.4, 0.5) is 4.39 Å². The largest absolute Gasteiger partial charge is 0.479 e. The van der Waals surface area contributed by atoms with Crippen molar-refractivity contribution < 1.29 is 28.6 Å². The molecule has 1 amide bonds. The van der Waals surface area contributed by atoms with Gasteiger partial charge in [0.05, 0.1) is 19.8 Å². The first-order chi connectivity index (χ1) is 10.0. The zero-order valence-electron chi connectivity index (χ0n) is 11.5. The molecular formula is C14H16FNO5. The third kappa shape index (κ3) is 3.56. The van der Waals surface area contributed by atoms with Crippen LogP contribution in [-0.4, -0.2) is 54.8 Å². The standard InChI is InChI=1S/C14H16FNO5/c1-20-8-10-6-9(2-3-11(10)15)13(17)16-4-5-21-12(7-16)14(18)19/h2-3,6,12H,4-5,7-8H2,1H3,(H,18,19). The van der Waals surface area contributed by atoms with Gasteiger partial charge in [-0.3, -0.25) is 4.79 Å². The fourth-order valence-electron chi connectivity index (χ4n) is 2.14. The van der Waals surface area contributed by atoms with Crippen LogP contribution in [0.2, 0.25) is 0 Å². The van der Waals surface area contributed by atoms with E-state index in [4.69, 9.17) is 14.6 Å². The number of hydrogen-bond donors (Lipinski definition) is 1. The van der Waals surface area contributed by atoms with Crippen molar-refractivity contribution in [2.45, 2.75) is 12.7 Å². The van der Waals surface area contributed by atoms with Crippen molar-refractivity contribution in [1.82, 2.24) is 4.90 Å². The van der Waals surface area contributed by atoms with Crippen LogP contribution < -0.4 is 0 Å². The molecule has 0 saturated carbocycles. The van der Waals surface area contributed by atoms with Crippen LogP contribution >= 0.6 is 0 Å². The van der Waals surface area contributed by atoms with E-state index in [1.165, 1.54) is 30.2 Å². The smallest absolute Gasteiger partial charge is 0.334 e. The van der Waals surface area contributed by atoms with Crippen molar-refractivity contribution in [3.8, 4) is 0 Å². The van der Waals surface area contributed by atoms with Crippen molar-refractivity contribution >= 4 is 11.9 Å². The molecule has 7 heteroatoms. The van der Waals surface area contributed by atoms with E-state index in [0.717, 1.165) is 0 Å². The average molecular weight is 297 g/mol. The molecule has 1 saturated heterocycles. The highest BCUT2D eigenvalue weighted by Gasteiger charge is 2.29. The molecule has 1 N–H and O–H groups in total. The fraction of sp³-hybridized carbons (Fsp3) is 0.429. The number of carboxylic acid groups (broad SMARTS) is 1. The van der Waals surface area contributed by atoms with Crippen LogP contribution in [0.15, 0.2) is 18.2 Å². The third-order valence-electron chi connectivity index (χ3n) is 3.22. The van der Waals surface area contributed by atoms with Gasteiger partial charge in [0, 0.05) is 24.8 Å². The number of rotatable bonds is 4. The Labute approximate surface area is 121 Å². The topological polar surface area (TPSA) is 76.1 Å². The molecule has 0 aromatic heterocycles. The summed E-state index contributed by atoms with van der Waals surface area (Å²) in [6.07, 6.45) is -1.03. The first kappa shape index (κ1) is 15.4. The second kappa shape index (κ2) is 6.64. The SMILES string of the molecule is COCc1cc(C(=O)N2CCOC(C(=O)O)C2)ccc1F. The van der Waals surface area contributed by atoms with Gasteiger partial charge in [-0.15, -0.1) is 0 Å². The van der Waals surface area contributed by atoms with E-state index in [-0.39, 0.29) is 31.2 Å². The first-order valence-corrected chi connectivity index (χ1v) is 6.44. The molecule has 114 valence electrons. The predicted octanol–water partition coefficient (Wildman–Crippen LogP) is 0.898. The number of hydrogen-bond acceptors (Lipinski definition) is 4. The monoisotopic (exact) mass is 297 g/mol. The van der Waals surface area contributed by atoms with Gasteiger partial charge in [-0.25, -0.2) is 9.18 Å². The van der Waals surface area contributed by atoms with E-state index >= 15 is 0 Å². The zero-order chi connectivity index (χ0) is 15.4. The Morgan fingerprint density at radius 2 is 2.29 bits per heavy atom. The highest BCUT2D eigenvalue weighted by molar-refractivity contribution is 5.94. The molecule has 0 spiro atoms. The number of carboxylic acids is 1. The molecule has 1 fully saturated rings. The van der Waals surface area contributed by atoms with Gasteiger partial charge in [-0.1, -0.05) is 0 Å². The molecule has 21 heavy (non-hydrogen) atoms. The van der Waals surface area contributed by atoms with Crippen LogP contribution in [-0.2, 0) is 20.9 Å². The maximum atomic E-state index is 13.5. The number of methoxy groups -OCH3 is 1. The Balaban J connectivity index is 2.15. The number of carbonyl (C=O) groups excluding carboxylic acids is 1. The van der Waals surface area contributed by atoms with Gasteiger partial charge < -0.3 is 19.5 Å². The summed E-state index contributed by atoms with van der Waals surface area (Å²) in [5.41, 5.74) is 0.584. The van der Waals surface area contributed by atoms with Gasteiger partial charge in [0.15, 0.2) is 6.10 Å². The van der Waals surface area contributed by atoms with Gasteiger partial charge in [0.1, 0.15) is 5.82 Å². The number of halogens is 1. The van der Waals surface area contributed by atoms with Crippen LogP contribution in [0.1, 0.15) is 15.9 Å². The summed E-state index contributed by atoms with van der Waals surface area (Å²) in [5, 5.41) is 8.93. The Kier molecular flexibility index (Phi) is 4.87. The van der Waals surface area contributed by atoms with E-state index in [2.05, 4.69) is 0 Å². The maximum Gasteiger partial charge on any atom is 0.334 e. The predicted molar refractivity (Wildman–Crippen MR) is 70.4 cm³/mol. The second-order valence-electron chi connectivity index (χ2n) is 4.69. The molecular weight excluding hydrogens is 281 g/mol. The molecule has 2 rings (SSSR count). The number of carbonyl (C=O) groups is 2. The Morgan fingerprint density at radius 3 is 2.95 bits per heavy atom. The Hall–Kier alpha value is -1.99. The van der Waals surface area contributed by atoms with E-state index in [9.17, 15) is 14.0 Å². The molecule has 1 unspecified atom stereocenters. The first-order valence-electron chi connectivity index (χ1n) is 6.44. The summed E-state index contributed by atoms with van der Waals surface area (Å²) < 4.78 is 23.5. The molecule has 1 aliphatic rings. The number of nitrogens with zero attached hydrogens (tertiary/aromatic N) is 1. The highest BCUT2D eigenvalue weighted by Crippen LogP contribution is 2.15. The van der Waals surface area contributed by atoms with Crippen LogP contribution in [0.5, 0.6) is 0 Å². The lowest BCUT2D eigenvalue weighted by molar-refractivity contribution is -0.154. The van der Waals surface area contributed by atoms with Gasteiger partial charge in [-0.2, -0.15) is 0 Å². The maximum absolute atomic E-state index is 13.5. The fourth-order valence-corrected chi connectivity index (χ4v) is 2.14. The molecule has 0 bridgehead atoms. The molecule has 0 aliphatic carbocycles. The van der Waals surface area contributed by atoms with Crippen molar-refractivity contribution in [2.75, 3.05) is 26.8 Å². The Bertz CT molecular complexity index is 548. The number of amides is 1. The summed E-state index contributed by atoms with van der Waals surface area (Å²) in [6.45, 7) is 0.507. The van der Waals surface area contributed by atoms with Gasteiger partial charge in [-0.05, 0) is 18.2 Å². The van der Waals surface area contributed by atoms with Crippen molar-refractivity contribution in [3.63, 3.8) is 0 Å². The molecule has 1 heterocycles. The molecule has 1 aliphatic heterocycles. The number of benzene rings is 1. The minimum atomic E-state index is -1.10. The quantitative estimate of drug-likeness (QED) is 0.893. The normalized spacial score (nSPS) is 18.6. The lowest BCUT2D eigenvalue weighted by Crippen LogP contribution is -2.48.